The highest BCUT2D eigenvalue weighted by Crippen LogP contribution is 2.36. The van der Waals surface area contributed by atoms with Crippen molar-refractivity contribution in [1.82, 2.24) is 0 Å². The number of ether oxygens (including phenoxy) is 1. The van der Waals surface area contributed by atoms with Crippen molar-refractivity contribution in [2.45, 2.75) is 63.7 Å². The quantitative estimate of drug-likeness (QED) is 0.575. The van der Waals surface area contributed by atoms with E-state index in [0.717, 1.165) is 18.1 Å². The second-order valence-corrected chi connectivity index (χ2v) is 7.02. The van der Waals surface area contributed by atoms with Crippen LogP contribution >= 0.6 is 11.6 Å². The molecule has 0 radical (unpaired) electrons. The molecule has 21 heavy (non-hydrogen) atoms. The van der Waals surface area contributed by atoms with Gasteiger partial charge in [-0.25, -0.2) is 0 Å². The standard InChI is InChI=1S/C19H29ClO/c1-3-4-7-15-10-12-16(13-11-15)18(20)14-17-8-5-6-9-19(17)21-2/h5-6,8-9,15-16,18H,3-4,7,10-14H2,1-2H3. The second-order valence-electron chi connectivity index (χ2n) is 6.45. The van der Waals surface area contributed by atoms with Crippen LogP contribution < -0.4 is 4.74 Å². The number of methoxy groups -OCH3 is 1. The summed E-state index contributed by atoms with van der Waals surface area (Å²) in [5.41, 5.74) is 1.24. The van der Waals surface area contributed by atoms with Crippen LogP contribution in [-0.4, -0.2) is 12.5 Å². The molecule has 0 heterocycles. The Morgan fingerprint density at radius 2 is 1.90 bits per heavy atom. The van der Waals surface area contributed by atoms with Crippen LogP contribution in [0.2, 0.25) is 0 Å². The van der Waals surface area contributed by atoms with Gasteiger partial charge in [0.15, 0.2) is 0 Å². The maximum absolute atomic E-state index is 6.72. The Morgan fingerprint density at radius 3 is 2.57 bits per heavy atom. The molecule has 0 N–H and O–H groups in total. The predicted molar refractivity (Wildman–Crippen MR) is 91.3 cm³/mol. The summed E-state index contributed by atoms with van der Waals surface area (Å²) in [5.74, 6) is 2.60. The van der Waals surface area contributed by atoms with Gasteiger partial charge >= 0.3 is 0 Å². The summed E-state index contributed by atoms with van der Waals surface area (Å²) in [4.78, 5) is 0. The van der Waals surface area contributed by atoms with Crippen molar-refractivity contribution in [2.75, 3.05) is 7.11 Å². The average molecular weight is 309 g/mol. The zero-order chi connectivity index (χ0) is 15.1. The molecule has 2 rings (SSSR count). The van der Waals surface area contributed by atoms with Gasteiger partial charge < -0.3 is 4.74 Å². The molecule has 118 valence electrons. The minimum absolute atomic E-state index is 0.244. The molecule has 0 aromatic heterocycles. The summed E-state index contributed by atoms with van der Waals surface area (Å²) < 4.78 is 5.44. The largest absolute Gasteiger partial charge is 0.496 e. The highest BCUT2D eigenvalue weighted by Gasteiger charge is 2.26. The van der Waals surface area contributed by atoms with Crippen LogP contribution in [0, 0.1) is 11.8 Å². The Hall–Kier alpha value is -0.690. The van der Waals surface area contributed by atoms with Crippen LogP contribution in [0.3, 0.4) is 0 Å². The topological polar surface area (TPSA) is 9.23 Å². The van der Waals surface area contributed by atoms with E-state index in [2.05, 4.69) is 19.1 Å². The lowest BCUT2D eigenvalue weighted by Gasteiger charge is -2.31. The average Bonchev–Trinajstić information content (AvgIpc) is 2.54. The Labute approximate surface area is 135 Å². The van der Waals surface area contributed by atoms with Gasteiger partial charge in [0.1, 0.15) is 5.75 Å². The lowest BCUT2D eigenvalue weighted by atomic mass is 9.77. The van der Waals surface area contributed by atoms with Gasteiger partial charge in [-0.1, -0.05) is 57.2 Å². The Balaban J connectivity index is 1.83. The molecule has 0 spiro atoms. The fourth-order valence-electron chi connectivity index (χ4n) is 3.58. The first-order chi connectivity index (χ1) is 10.2. The maximum atomic E-state index is 6.72. The summed E-state index contributed by atoms with van der Waals surface area (Å²) in [6.07, 6.45) is 10.4. The van der Waals surface area contributed by atoms with Gasteiger partial charge in [0.25, 0.3) is 0 Å². The first kappa shape index (κ1) is 16.7. The number of alkyl halides is 1. The normalized spacial score (nSPS) is 23.8. The molecule has 2 heteroatoms. The van der Waals surface area contributed by atoms with Crippen LogP contribution in [0.25, 0.3) is 0 Å². The number of hydrogen-bond donors (Lipinski definition) is 0. The molecule has 1 fully saturated rings. The predicted octanol–water partition coefficient (Wildman–Crippen LogP) is 5.84. The van der Waals surface area contributed by atoms with Gasteiger partial charge in [-0.15, -0.1) is 11.6 Å². The van der Waals surface area contributed by atoms with Gasteiger partial charge in [-0.05, 0) is 42.7 Å². The van der Waals surface area contributed by atoms with Crippen molar-refractivity contribution in [3.8, 4) is 5.75 Å². The molecule has 1 saturated carbocycles. The Morgan fingerprint density at radius 1 is 1.19 bits per heavy atom. The third-order valence-electron chi connectivity index (χ3n) is 4.98. The fraction of sp³-hybridized carbons (Fsp3) is 0.684. The van der Waals surface area contributed by atoms with Gasteiger partial charge in [-0.3, -0.25) is 0 Å². The molecular formula is C19H29ClO. The van der Waals surface area contributed by atoms with E-state index in [1.165, 1.54) is 50.5 Å². The lowest BCUT2D eigenvalue weighted by Crippen LogP contribution is -2.24. The second kappa shape index (κ2) is 8.68. The zero-order valence-electron chi connectivity index (χ0n) is 13.5. The monoisotopic (exact) mass is 308 g/mol. The number of halogens is 1. The summed E-state index contributed by atoms with van der Waals surface area (Å²) in [5, 5.41) is 0.244. The van der Waals surface area contributed by atoms with E-state index in [0.29, 0.717) is 5.92 Å². The van der Waals surface area contributed by atoms with Crippen molar-refractivity contribution in [3.63, 3.8) is 0 Å². The van der Waals surface area contributed by atoms with E-state index in [-0.39, 0.29) is 5.38 Å². The van der Waals surface area contributed by atoms with Crippen molar-refractivity contribution in [3.05, 3.63) is 29.8 Å². The molecule has 0 bridgehead atoms. The van der Waals surface area contributed by atoms with E-state index in [1.807, 2.05) is 12.1 Å². The molecule has 1 aromatic rings. The first-order valence-corrected chi connectivity index (χ1v) is 8.94. The van der Waals surface area contributed by atoms with Crippen molar-refractivity contribution in [2.24, 2.45) is 11.8 Å². The number of hydrogen-bond acceptors (Lipinski definition) is 1. The number of rotatable bonds is 7. The highest BCUT2D eigenvalue weighted by molar-refractivity contribution is 6.20. The molecular weight excluding hydrogens is 280 g/mol. The molecule has 0 amide bonds. The molecule has 0 saturated heterocycles. The highest BCUT2D eigenvalue weighted by atomic mass is 35.5. The van der Waals surface area contributed by atoms with Gasteiger partial charge in [0, 0.05) is 5.38 Å². The van der Waals surface area contributed by atoms with Crippen LogP contribution in [0.1, 0.15) is 57.4 Å². The fourth-order valence-corrected chi connectivity index (χ4v) is 4.00. The van der Waals surface area contributed by atoms with E-state index in [1.54, 1.807) is 7.11 Å². The molecule has 1 nitrogen and oxygen atoms in total. The lowest BCUT2D eigenvalue weighted by molar-refractivity contribution is 0.252. The minimum Gasteiger partial charge on any atom is -0.496 e. The van der Waals surface area contributed by atoms with Crippen molar-refractivity contribution >= 4 is 11.6 Å². The van der Waals surface area contributed by atoms with Crippen LogP contribution in [0.15, 0.2) is 24.3 Å². The maximum Gasteiger partial charge on any atom is 0.122 e. The van der Waals surface area contributed by atoms with E-state index in [4.69, 9.17) is 16.3 Å². The summed E-state index contributed by atoms with van der Waals surface area (Å²) in [6, 6.07) is 8.26. The van der Waals surface area contributed by atoms with Gasteiger partial charge in [-0.2, -0.15) is 0 Å². The molecule has 1 aliphatic rings. The summed E-state index contributed by atoms with van der Waals surface area (Å²) in [7, 11) is 1.74. The van der Waals surface area contributed by atoms with Crippen molar-refractivity contribution < 1.29 is 4.74 Å². The minimum atomic E-state index is 0.244. The van der Waals surface area contributed by atoms with Crippen LogP contribution in [0.5, 0.6) is 5.75 Å². The zero-order valence-corrected chi connectivity index (χ0v) is 14.2. The molecule has 1 atom stereocenters. The third-order valence-corrected chi connectivity index (χ3v) is 5.49. The number of para-hydroxylation sites is 1. The first-order valence-electron chi connectivity index (χ1n) is 8.50. The van der Waals surface area contributed by atoms with E-state index in [9.17, 15) is 0 Å². The molecule has 1 unspecified atom stereocenters. The number of unbranched alkanes of at least 4 members (excludes halogenated alkanes) is 1. The van der Waals surface area contributed by atoms with Crippen LogP contribution in [-0.2, 0) is 6.42 Å². The Bertz CT molecular complexity index is 410. The SMILES string of the molecule is CCCCC1CCC(C(Cl)Cc2ccccc2OC)CC1. The van der Waals surface area contributed by atoms with Crippen molar-refractivity contribution in [1.29, 1.82) is 0 Å². The molecule has 0 aliphatic heterocycles. The summed E-state index contributed by atoms with van der Waals surface area (Å²) in [6.45, 7) is 2.29. The summed E-state index contributed by atoms with van der Waals surface area (Å²) >= 11 is 6.72. The van der Waals surface area contributed by atoms with Gasteiger partial charge in [0.2, 0.25) is 0 Å². The third kappa shape index (κ3) is 4.92. The smallest absolute Gasteiger partial charge is 0.122 e. The number of benzene rings is 1. The molecule has 1 aromatic carbocycles. The molecule has 1 aliphatic carbocycles. The van der Waals surface area contributed by atoms with E-state index >= 15 is 0 Å². The van der Waals surface area contributed by atoms with Gasteiger partial charge in [0.05, 0.1) is 7.11 Å². The van der Waals surface area contributed by atoms with E-state index < -0.39 is 0 Å². The Kier molecular flexibility index (Phi) is 6.89. The van der Waals surface area contributed by atoms with Crippen LogP contribution in [0.4, 0.5) is 0 Å².